The van der Waals surface area contributed by atoms with Gasteiger partial charge < -0.3 is 36.2 Å². The second-order valence-electron chi connectivity index (χ2n) is 17.6. The summed E-state index contributed by atoms with van der Waals surface area (Å²) >= 11 is 1.25. The number of aliphatic carboxylic acids is 1. The minimum absolute atomic E-state index is 0.00977. The number of carbonyl (C=O) groups is 4. The first kappa shape index (κ1) is 50.7. The molecule has 0 saturated carbocycles. The predicted octanol–water partition coefficient (Wildman–Crippen LogP) is 6.99. The summed E-state index contributed by atoms with van der Waals surface area (Å²) in [4.78, 5) is 63.4. The molecule has 0 aliphatic carbocycles. The number of rotatable bonds is 26. The SMILES string of the molecule is CCCCCCN(C(=O)[C@H](NC(=O)[C@@H]1CCCCN1C)[C@H](C)CC)[C@@H](C[C@H](OCCCO)c1nc(C(=O)N[C@H](Cc2ccc(N)c(F)c2)CC(C)(C)C(=O)O)cs1)C(C)C. The van der Waals surface area contributed by atoms with Crippen LogP contribution in [0.15, 0.2) is 23.6 Å². The number of aromatic nitrogens is 1. The van der Waals surface area contributed by atoms with E-state index >= 15 is 0 Å². The summed E-state index contributed by atoms with van der Waals surface area (Å²) in [6.07, 6.45) is 7.65. The summed E-state index contributed by atoms with van der Waals surface area (Å²) in [6, 6.07) is 2.39. The highest BCUT2D eigenvalue weighted by atomic mass is 32.1. The maximum atomic E-state index is 14.9. The summed E-state index contributed by atoms with van der Waals surface area (Å²) in [6.45, 7) is 15.0. The molecule has 1 fully saturated rings. The number of thiazole rings is 1. The fourth-order valence-corrected chi connectivity index (χ4v) is 8.69. The van der Waals surface area contributed by atoms with Gasteiger partial charge in [0.05, 0.1) is 17.1 Å². The van der Waals surface area contributed by atoms with Gasteiger partial charge >= 0.3 is 5.97 Å². The van der Waals surface area contributed by atoms with E-state index in [1.807, 2.05) is 25.8 Å². The number of carboxylic acid groups (broad SMARTS) is 1. The fraction of sp³-hybridized carbons (Fsp3) is 0.711. The summed E-state index contributed by atoms with van der Waals surface area (Å²) in [5, 5.41) is 27.9. The van der Waals surface area contributed by atoms with Crippen LogP contribution >= 0.6 is 11.3 Å². The van der Waals surface area contributed by atoms with Gasteiger partial charge in [0.1, 0.15) is 28.7 Å². The van der Waals surface area contributed by atoms with Crippen LogP contribution in [0.5, 0.6) is 0 Å². The molecular weight excluding hydrogens is 788 g/mol. The Balaban J connectivity index is 1.96. The Morgan fingerprint density at radius 3 is 2.45 bits per heavy atom. The molecule has 0 unspecified atom stereocenters. The van der Waals surface area contributed by atoms with Gasteiger partial charge in [0, 0.05) is 43.6 Å². The molecule has 0 spiro atoms. The van der Waals surface area contributed by atoms with Gasteiger partial charge in [-0.15, -0.1) is 11.3 Å². The van der Waals surface area contributed by atoms with E-state index < -0.39 is 41.3 Å². The highest BCUT2D eigenvalue weighted by Crippen LogP contribution is 2.32. The zero-order chi connectivity index (χ0) is 44.6. The number of aliphatic hydroxyl groups excluding tert-OH is 1. The van der Waals surface area contributed by atoms with Crippen molar-refractivity contribution in [3.05, 3.63) is 45.7 Å². The molecule has 0 radical (unpaired) electrons. The topological polar surface area (TPSA) is 187 Å². The van der Waals surface area contributed by atoms with Crippen LogP contribution in [0.3, 0.4) is 0 Å². The number of nitrogens with two attached hydrogens (primary N) is 1. The van der Waals surface area contributed by atoms with E-state index in [9.17, 15) is 33.8 Å². The number of likely N-dealkylation sites (N-methyl/N-ethyl adjacent to an activating group) is 1. The number of likely N-dealkylation sites (tertiary alicyclic amines) is 1. The zero-order valence-electron chi connectivity index (χ0n) is 37.3. The van der Waals surface area contributed by atoms with Gasteiger partial charge in [0.2, 0.25) is 11.8 Å². The lowest BCUT2D eigenvalue weighted by molar-refractivity contribution is -0.147. The number of aliphatic hydroxyl groups is 1. The number of anilines is 1. The highest BCUT2D eigenvalue weighted by molar-refractivity contribution is 7.09. The van der Waals surface area contributed by atoms with E-state index in [1.165, 1.54) is 23.5 Å². The van der Waals surface area contributed by atoms with Crippen molar-refractivity contribution in [1.29, 1.82) is 0 Å². The van der Waals surface area contributed by atoms with Crippen LogP contribution in [0.2, 0.25) is 0 Å². The molecule has 1 aromatic carbocycles. The summed E-state index contributed by atoms with van der Waals surface area (Å²) in [5.41, 5.74) is 5.15. The number of nitrogens with one attached hydrogen (secondary N) is 2. The molecule has 2 aromatic rings. The lowest BCUT2D eigenvalue weighted by Gasteiger charge is -2.40. The lowest BCUT2D eigenvalue weighted by atomic mass is 9.84. The molecule has 1 aliphatic heterocycles. The Kier molecular flexibility index (Phi) is 20.9. The van der Waals surface area contributed by atoms with Crippen LogP contribution < -0.4 is 16.4 Å². The third-order valence-corrected chi connectivity index (χ3v) is 12.8. The maximum Gasteiger partial charge on any atom is 0.309 e. The number of benzene rings is 1. The largest absolute Gasteiger partial charge is 0.481 e. The van der Waals surface area contributed by atoms with Gasteiger partial charge in [-0.3, -0.25) is 24.1 Å². The van der Waals surface area contributed by atoms with Crippen molar-refractivity contribution in [2.75, 3.05) is 39.1 Å². The smallest absolute Gasteiger partial charge is 0.309 e. The molecule has 1 aromatic heterocycles. The first-order valence-corrected chi connectivity index (χ1v) is 22.9. The third-order valence-electron chi connectivity index (χ3n) is 11.9. The standard InChI is InChI=1S/C45H73FN6O7S/c1-9-11-12-14-21-52(43(56)39(30(5)10-2)50-41(55)36-17-13-15-20-51(36)8)37(29(3)4)26-38(59-23-16-22-53)42-49-35(28-60-42)40(54)48-32(27-45(6,7)44(57)58)24-31-18-19-34(47)33(46)25-31/h18-19,25,28-30,32,36-39,53H,9-17,20-24,26-27,47H2,1-8H3,(H,48,54)(H,50,55)(H,57,58)/t30-,32-,36+,37+,38+,39-/m1/s1. The number of unbranched alkanes of at least 4 members (excludes halogenated alkanes) is 3. The molecule has 2 heterocycles. The number of ether oxygens (including phenoxy) is 1. The van der Waals surface area contributed by atoms with Gasteiger partial charge in [0.25, 0.3) is 5.91 Å². The summed E-state index contributed by atoms with van der Waals surface area (Å²) in [7, 11) is 1.96. The van der Waals surface area contributed by atoms with Gasteiger partial charge in [-0.2, -0.15) is 0 Å². The van der Waals surface area contributed by atoms with Crippen LogP contribution in [0.1, 0.15) is 146 Å². The van der Waals surface area contributed by atoms with E-state index in [0.29, 0.717) is 36.4 Å². The highest BCUT2D eigenvalue weighted by Gasteiger charge is 2.39. The van der Waals surface area contributed by atoms with Crippen LogP contribution in [-0.4, -0.2) is 106 Å². The normalized spacial score (nSPS) is 17.4. The average molecular weight is 861 g/mol. The molecule has 6 atom stereocenters. The number of carbonyl (C=O) groups excluding carboxylic acids is 3. The molecule has 1 saturated heterocycles. The molecule has 13 nitrogen and oxygen atoms in total. The molecule has 3 amide bonds. The minimum atomic E-state index is -1.20. The number of amides is 3. The molecule has 60 heavy (non-hydrogen) atoms. The number of carboxylic acids is 1. The third kappa shape index (κ3) is 15.1. The van der Waals surface area contributed by atoms with Crippen molar-refractivity contribution in [3.8, 4) is 0 Å². The second kappa shape index (κ2) is 24.7. The number of hydrogen-bond donors (Lipinski definition) is 5. The van der Waals surface area contributed by atoms with Crippen LogP contribution in [-0.2, 0) is 25.5 Å². The number of halogens is 1. The van der Waals surface area contributed by atoms with E-state index in [2.05, 4.69) is 36.3 Å². The zero-order valence-corrected chi connectivity index (χ0v) is 38.1. The van der Waals surface area contributed by atoms with Gasteiger partial charge in [-0.1, -0.05) is 72.8 Å². The molecule has 338 valence electrons. The maximum absolute atomic E-state index is 14.9. The Hall–Kier alpha value is -3.66. The summed E-state index contributed by atoms with van der Waals surface area (Å²) in [5.74, 6) is -2.50. The first-order chi connectivity index (χ1) is 28.4. The number of nitrogen functional groups attached to an aromatic ring is 1. The number of nitrogens with zero attached hydrogens (tertiary/aromatic N) is 3. The van der Waals surface area contributed by atoms with Crippen LogP contribution in [0, 0.1) is 23.1 Å². The van der Waals surface area contributed by atoms with E-state index in [-0.39, 0.29) is 73.2 Å². The van der Waals surface area contributed by atoms with E-state index in [1.54, 1.807) is 25.3 Å². The van der Waals surface area contributed by atoms with E-state index in [0.717, 1.165) is 51.5 Å². The number of hydrogen-bond acceptors (Lipinski definition) is 10. The van der Waals surface area contributed by atoms with Gasteiger partial charge in [0.15, 0.2) is 0 Å². The molecular formula is C45H73FN6O7S. The van der Waals surface area contributed by atoms with Crippen molar-refractivity contribution in [3.63, 3.8) is 0 Å². The molecule has 1 aliphatic rings. The van der Waals surface area contributed by atoms with Gasteiger partial charge in [-0.25, -0.2) is 9.37 Å². The minimum Gasteiger partial charge on any atom is -0.481 e. The predicted molar refractivity (Wildman–Crippen MR) is 235 cm³/mol. The van der Waals surface area contributed by atoms with Crippen molar-refractivity contribution in [1.82, 2.24) is 25.4 Å². The Morgan fingerprint density at radius 1 is 1.10 bits per heavy atom. The van der Waals surface area contributed by atoms with E-state index in [4.69, 9.17) is 15.5 Å². The molecule has 15 heteroatoms. The Morgan fingerprint density at radius 2 is 1.83 bits per heavy atom. The summed E-state index contributed by atoms with van der Waals surface area (Å²) < 4.78 is 20.8. The van der Waals surface area contributed by atoms with Crippen LogP contribution in [0.4, 0.5) is 10.1 Å². The Labute approximate surface area is 361 Å². The number of piperidine rings is 1. The average Bonchev–Trinajstić information content (AvgIpc) is 3.70. The molecule has 0 bridgehead atoms. The quantitative estimate of drug-likeness (QED) is 0.0488. The fourth-order valence-electron chi connectivity index (χ4n) is 7.83. The molecule has 6 N–H and O–H groups in total. The van der Waals surface area contributed by atoms with Crippen molar-refractivity contribution >= 4 is 40.7 Å². The monoisotopic (exact) mass is 861 g/mol. The van der Waals surface area contributed by atoms with Gasteiger partial charge in [-0.05, 0) is 95.5 Å². The van der Waals surface area contributed by atoms with Crippen LogP contribution in [0.25, 0.3) is 0 Å². The van der Waals surface area contributed by atoms with Crippen molar-refractivity contribution < 1.29 is 38.5 Å². The van der Waals surface area contributed by atoms with Crippen molar-refractivity contribution in [2.45, 2.75) is 156 Å². The Bertz CT molecular complexity index is 1670. The first-order valence-electron chi connectivity index (χ1n) is 22.0. The lowest BCUT2D eigenvalue weighted by Crippen LogP contribution is -2.59. The molecule has 3 rings (SSSR count). The van der Waals surface area contributed by atoms with Crippen molar-refractivity contribution in [2.24, 2.45) is 17.3 Å². The second-order valence-corrected chi connectivity index (χ2v) is 18.5.